The first kappa shape index (κ1) is 16.4. The van der Waals surface area contributed by atoms with E-state index in [0.717, 1.165) is 0 Å². The van der Waals surface area contributed by atoms with Crippen LogP contribution in [0, 0.1) is 5.41 Å². The highest BCUT2D eigenvalue weighted by Gasteiger charge is 2.52. The van der Waals surface area contributed by atoms with Gasteiger partial charge in [-0.3, -0.25) is 19.7 Å². The maximum absolute atomic E-state index is 12.7. The third-order valence-corrected chi connectivity index (χ3v) is 4.65. The molecule has 3 heterocycles. The average Bonchev–Trinajstić information content (AvgIpc) is 3.01. The fourth-order valence-electron chi connectivity index (χ4n) is 3.20. The average molecular weight is 332 g/mol. The number of imide groups is 1. The molecule has 1 spiro atoms. The summed E-state index contributed by atoms with van der Waals surface area (Å²) in [7, 11) is 0. The Morgan fingerprint density at radius 2 is 2.00 bits per heavy atom. The number of nitrogens with zero attached hydrogens (tertiary/aromatic N) is 2. The quantitative estimate of drug-likeness (QED) is 0.700. The summed E-state index contributed by atoms with van der Waals surface area (Å²) in [6.07, 6.45) is 0.539. The van der Waals surface area contributed by atoms with Crippen molar-refractivity contribution in [3.63, 3.8) is 0 Å². The summed E-state index contributed by atoms with van der Waals surface area (Å²) >= 11 is 0. The monoisotopic (exact) mass is 332 g/mol. The molecule has 2 fully saturated rings. The molecule has 24 heavy (non-hydrogen) atoms. The minimum atomic E-state index is -0.833. The molecule has 1 atom stereocenters. The lowest BCUT2D eigenvalue weighted by molar-refractivity contribution is -0.128. The van der Waals surface area contributed by atoms with Gasteiger partial charge in [-0.05, 0) is 12.5 Å². The Balaban J connectivity index is 1.86. The van der Waals surface area contributed by atoms with E-state index in [1.165, 1.54) is 4.90 Å². The number of amides is 3. The van der Waals surface area contributed by atoms with Crippen molar-refractivity contribution in [2.75, 3.05) is 13.1 Å². The molecule has 3 amide bonds. The SMILES string of the molecule is CC(C)(C)c1cc(C(=O)N2CC[C@@]3(CC(=O)NC3=O)C2)nc(=O)[nH]1. The number of carbonyl (C=O) groups excluding carboxylic acids is 3. The van der Waals surface area contributed by atoms with Crippen LogP contribution < -0.4 is 11.0 Å². The van der Waals surface area contributed by atoms with Crippen LogP contribution in [0.4, 0.5) is 0 Å². The first-order chi connectivity index (χ1) is 11.1. The highest BCUT2D eigenvalue weighted by molar-refractivity contribution is 6.06. The van der Waals surface area contributed by atoms with Gasteiger partial charge in [0.15, 0.2) is 0 Å². The third-order valence-electron chi connectivity index (χ3n) is 4.65. The molecule has 8 nitrogen and oxygen atoms in total. The first-order valence-electron chi connectivity index (χ1n) is 7.86. The zero-order valence-corrected chi connectivity index (χ0v) is 13.9. The van der Waals surface area contributed by atoms with Crippen LogP contribution in [0.15, 0.2) is 10.9 Å². The minimum Gasteiger partial charge on any atom is -0.336 e. The van der Waals surface area contributed by atoms with Gasteiger partial charge >= 0.3 is 5.69 Å². The van der Waals surface area contributed by atoms with Gasteiger partial charge in [-0.2, -0.15) is 4.98 Å². The van der Waals surface area contributed by atoms with E-state index >= 15 is 0 Å². The molecule has 0 aromatic carbocycles. The first-order valence-corrected chi connectivity index (χ1v) is 7.86. The van der Waals surface area contributed by atoms with Gasteiger partial charge in [0.1, 0.15) is 5.69 Å². The van der Waals surface area contributed by atoms with Gasteiger partial charge in [0.2, 0.25) is 11.8 Å². The van der Waals surface area contributed by atoms with E-state index in [9.17, 15) is 19.2 Å². The van der Waals surface area contributed by atoms with Gasteiger partial charge in [0.05, 0.1) is 5.41 Å². The fraction of sp³-hybridized carbons (Fsp3) is 0.562. The number of carbonyl (C=O) groups is 3. The predicted molar refractivity (Wildman–Crippen MR) is 84.3 cm³/mol. The van der Waals surface area contributed by atoms with Gasteiger partial charge in [0.25, 0.3) is 5.91 Å². The number of likely N-dealkylation sites (tertiary alicyclic amines) is 1. The van der Waals surface area contributed by atoms with Crippen LogP contribution in [0.1, 0.15) is 49.8 Å². The molecular formula is C16H20N4O4. The maximum Gasteiger partial charge on any atom is 0.345 e. The molecule has 128 valence electrons. The van der Waals surface area contributed by atoms with Gasteiger partial charge in [-0.1, -0.05) is 20.8 Å². The second-order valence-electron chi connectivity index (χ2n) is 7.55. The second-order valence-corrected chi connectivity index (χ2v) is 7.55. The number of hydrogen-bond donors (Lipinski definition) is 2. The Morgan fingerprint density at radius 1 is 1.29 bits per heavy atom. The molecule has 8 heteroatoms. The van der Waals surface area contributed by atoms with Crippen LogP contribution in [0.5, 0.6) is 0 Å². The number of aromatic amines is 1. The van der Waals surface area contributed by atoms with E-state index in [2.05, 4.69) is 15.3 Å². The molecule has 2 saturated heterocycles. The van der Waals surface area contributed by atoms with Gasteiger partial charge < -0.3 is 9.88 Å². The standard InChI is InChI=1S/C16H20N4O4/c1-15(2,3)10-6-9(17-14(24)18-10)12(22)20-5-4-16(8-20)7-11(21)19-13(16)23/h6H,4-5,7-8H2,1-3H3,(H,17,18,24)(H,19,21,23)/t16-/m1/s1. The summed E-state index contributed by atoms with van der Waals surface area (Å²) in [5.74, 6) is -1.02. The van der Waals surface area contributed by atoms with Crippen molar-refractivity contribution in [1.29, 1.82) is 0 Å². The smallest absolute Gasteiger partial charge is 0.336 e. The highest BCUT2D eigenvalue weighted by Crippen LogP contribution is 2.38. The Labute approximate surface area is 138 Å². The van der Waals surface area contributed by atoms with Crippen molar-refractivity contribution in [2.45, 2.75) is 39.0 Å². The third kappa shape index (κ3) is 2.72. The molecule has 3 rings (SSSR count). The van der Waals surface area contributed by atoms with E-state index in [1.54, 1.807) is 6.07 Å². The molecule has 0 bridgehead atoms. The zero-order valence-electron chi connectivity index (χ0n) is 13.9. The van der Waals surface area contributed by atoms with E-state index in [0.29, 0.717) is 18.7 Å². The van der Waals surface area contributed by atoms with E-state index in [-0.39, 0.29) is 35.9 Å². The molecule has 2 aliphatic heterocycles. The number of H-pyrrole nitrogens is 1. The summed E-state index contributed by atoms with van der Waals surface area (Å²) in [6.45, 7) is 6.30. The van der Waals surface area contributed by atoms with Gasteiger partial charge in [-0.25, -0.2) is 4.79 Å². The topological polar surface area (TPSA) is 112 Å². The summed E-state index contributed by atoms with van der Waals surface area (Å²) in [6, 6.07) is 1.58. The normalized spacial score (nSPS) is 23.9. The van der Waals surface area contributed by atoms with Crippen molar-refractivity contribution in [3.8, 4) is 0 Å². The van der Waals surface area contributed by atoms with Crippen LogP contribution >= 0.6 is 0 Å². The maximum atomic E-state index is 12.7. The van der Waals surface area contributed by atoms with Crippen molar-refractivity contribution < 1.29 is 14.4 Å². The van der Waals surface area contributed by atoms with Crippen molar-refractivity contribution in [2.24, 2.45) is 5.41 Å². The number of rotatable bonds is 1. The molecular weight excluding hydrogens is 312 g/mol. The molecule has 0 aliphatic carbocycles. The van der Waals surface area contributed by atoms with Crippen molar-refractivity contribution >= 4 is 17.7 Å². The Morgan fingerprint density at radius 3 is 2.58 bits per heavy atom. The molecule has 0 unspecified atom stereocenters. The van der Waals surface area contributed by atoms with Crippen LogP contribution in [0.25, 0.3) is 0 Å². The molecule has 1 aromatic heterocycles. The lowest BCUT2D eigenvalue weighted by Gasteiger charge is -2.21. The summed E-state index contributed by atoms with van der Waals surface area (Å²) < 4.78 is 0. The molecule has 0 radical (unpaired) electrons. The van der Waals surface area contributed by atoms with Crippen LogP contribution in [0.3, 0.4) is 0 Å². The summed E-state index contributed by atoms with van der Waals surface area (Å²) in [5, 5.41) is 2.30. The van der Waals surface area contributed by atoms with Crippen molar-refractivity contribution in [3.05, 3.63) is 27.9 Å². The van der Waals surface area contributed by atoms with E-state index < -0.39 is 17.0 Å². The zero-order chi connectivity index (χ0) is 17.7. The van der Waals surface area contributed by atoms with Crippen LogP contribution in [-0.2, 0) is 15.0 Å². The number of nitrogens with one attached hydrogen (secondary N) is 2. The second kappa shape index (κ2) is 5.25. The number of hydrogen-bond acceptors (Lipinski definition) is 5. The molecule has 1 aromatic rings. The van der Waals surface area contributed by atoms with Crippen molar-refractivity contribution in [1.82, 2.24) is 20.2 Å². The lowest BCUT2D eigenvalue weighted by Crippen LogP contribution is -2.37. The fourth-order valence-corrected chi connectivity index (χ4v) is 3.20. The Kier molecular flexibility index (Phi) is 3.58. The Bertz CT molecular complexity index is 792. The highest BCUT2D eigenvalue weighted by atomic mass is 16.2. The molecule has 2 aliphatic rings. The van der Waals surface area contributed by atoms with E-state index in [4.69, 9.17) is 0 Å². The summed E-state index contributed by atoms with van der Waals surface area (Å²) in [4.78, 5) is 55.9. The molecule has 2 N–H and O–H groups in total. The van der Waals surface area contributed by atoms with Gasteiger partial charge in [-0.15, -0.1) is 0 Å². The van der Waals surface area contributed by atoms with Crippen LogP contribution in [0.2, 0.25) is 0 Å². The number of aromatic nitrogens is 2. The lowest BCUT2D eigenvalue weighted by atomic mass is 9.85. The predicted octanol–water partition coefficient (Wildman–Crippen LogP) is -0.0538. The summed E-state index contributed by atoms with van der Waals surface area (Å²) in [5.41, 5.74) is -1.06. The van der Waals surface area contributed by atoms with Gasteiger partial charge in [0, 0.05) is 30.6 Å². The van der Waals surface area contributed by atoms with E-state index in [1.807, 2.05) is 20.8 Å². The largest absolute Gasteiger partial charge is 0.345 e. The minimum absolute atomic E-state index is 0.0606. The van der Waals surface area contributed by atoms with Crippen LogP contribution in [-0.4, -0.2) is 45.7 Å². The molecule has 0 saturated carbocycles. The Hall–Kier alpha value is -2.51.